The van der Waals surface area contributed by atoms with Gasteiger partial charge in [-0.05, 0) is 82.2 Å². The molecule has 3 aromatic rings. The topological polar surface area (TPSA) is 65.5 Å². The standard InChI is InChI=1S/C32H41NO4S/c1-8-10-11-23-12-14-24(15-13-23)30-33-29(21(3)4)28(38-30)19-17-26(34)25-16-18-27(22(5)20-25)37-32(6,7)31(35)36-9-2/h12-16,18,20-21H,8-11,17,19H2,1-7H3. The van der Waals surface area contributed by atoms with Crippen LogP contribution >= 0.6 is 11.3 Å². The number of hydrogen-bond acceptors (Lipinski definition) is 6. The first-order valence-corrected chi connectivity index (χ1v) is 14.5. The molecule has 0 saturated heterocycles. The summed E-state index contributed by atoms with van der Waals surface area (Å²) in [6.07, 6.45) is 4.57. The fourth-order valence-electron chi connectivity index (χ4n) is 4.24. The van der Waals surface area contributed by atoms with Gasteiger partial charge in [0.15, 0.2) is 11.4 Å². The Kier molecular flexibility index (Phi) is 10.3. The predicted octanol–water partition coefficient (Wildman–Crippen LogP) is 8.12. The molecule has 0 atom stereocenters. The molecule has 0 bridgehead atoms. The zero-order valence-corrected chi connectivity index (χ0v) is 24.7. The third-order valence-corrected chi connectivity index (χ3v) is 7.68. The molecule has 204 valence electrons. The number of benzene rings is 2. The Hall–Kier alpha value is -2.99. The van der Waals surface area contributed by atoms with E-state index in [9.17, 15) is 9.59 Å². The maximum absolute atomic E-state index is 13.1. The largest absolute Gasteiger partial charge is 0.476 e. The van der Waals surface area contributed by atoms with Gasteiger partial charge in [0.25, 0.3) is 0 Å². The maximum atomic E-state index is 13.1. The SMILES string of the molecule is CCCCc1ccc(-c2nc(C(C)C)c(CCC(=O)c3ccc(OC(C)(C)C(=O)OCC)c(C)c3)s2)cc1. The fourth-order valence-corrected chi connectivity index (χ4v) is 5.46. The van der Waals surface area contributed by atoms with E-state index in [1.54, 1.807) is 44.2 Å². The van der Waals surface area contributed by atoms with Gasteiger partial charge >= 0.3 is 5.97 Å². The number of ketones is 1. The fraction of sp³-hybridized carbons (Fsp3) is 0.469. The molecule has 1 aromatic heterocycles. The first kappa shape index (κ1) is 29.6. The van der Waals surface area contributed by atoms with E-state index in [1.807, 2.05) is 13.0 Å². The minimum atomic E-state index is -1.11. The van der Waals surface area contributed by atoms with Gasteiger partial charge in [-0.25, -0.2) is 9.78 Å². The number of unbranched alkanes of at least 4 members (excludes halogenated alkanes) is 1. The van der Waals surface area contributed by atoms with Crippen LogP contribution in [0.4, 0.5) is 0 Å². The molecule has 0 N–H and O–H groups in total. The van der Waals surface area contributed by atoms with Gasteiger partial charge in [-0.15, -0.1) is 11.3 Å². The number of rotatable bonds is 13. The number of ether oxygens (including phenoxy) is 2. The number of thiazole rings is 1. The van der Waals surface area contributed by atoms with E-state index in [1.165, 1.54) is 23.3 Å². The highest BCUT2D eigenvalue weighted by Crippen LogP contribution is 2.33. The maximum Gasteiger partial charge on any atom is 0.349 e. The number of Topliss-reactive ketones (excluding diaryl/α,β-unsaturated/α-hetero) is 1. The molecule has 1 heterocycles. The summed E-state index contributed by atoms with van der Waals surface area (Å²) in [5.41, 5.74) is 3.90. The van der Waals surface area contributed by atoms with E-state index in [0.29, 0.717) is 30.8 Å². The molecule has 5 nitrogen and oxygen atoms in total. The Labute approximate surface area is 231 Å². The molecule has 0 aliphatic heterocycles. The van der Waals surface area contributed by atoms with E-state index in [4.69, 9.17) is 14.5 Å². The van der Waals surface area contributed by atoms with Gasteiger partial charge in [0, 0.05) is 22.4 Å². The van der Waals surface area contributed by atoms with E-state index >= 15 is 0 Å². The number of aryl methyl sites for hydroxylation is 3. The Morgan fingerprint density at radius 2 is 1.74 bits per heavy atom. The molecule has 0 aliphatic rings. The third kappa shape index (κ3) is 7.53. The van der Waals surface area contributed by atoms with Crippen LogP contribution < -0.4 is 4.74 Å². The predicted molar refractivity (Wildman–Crippen MR) is 155 cm³/mol. The lowest BCUT2D eigenvalue weighted by molar-refractivity contribution is -0.158. The average Bonchev–Trinajstić information content (AvgIpc) is 3.32. The van der Waals surface area contributed by atoms with Crippen LogP contribution in [0, 0.1) is 6.92 Å². The van der Waals surface area contributed by atoms with E-state index in [0.717, 1.165) is 28.2 Å². The van der Waals surface area contributed by atoms with E-state index in [-0.39, 0.29) is 11.7 Å². The zero-order valence-electron chi connectivity index (χ0n) is 23.8. The zero-order chi connectivity index (χ0) is 27.9. The molecule has 2 aromatic carbocycles. The van der Waals surface area contributed by atoms with Crippen molar-refractivity contribution >= 4 is 23.1 Å². The lowest BCUT2D eigenvalue weighted by atomic mass is 10.0. The first-order valence-electron chi connectivity index (χ1n) is 13.6. The second-order valence-electron chi connectivity index (χ2n) is 10.5. The summed E-state index contributed by atoms with van der Waals surface area (Å²) in [5.74, 6) is 0.510. The minimum Gasteiger partial charge on any atom is -0.476 e. The summed E-state index contributed by atoms with van der Waals surface area (Å²) < 4.78 is 11.0. The Bertz CT molecular complexity index is 1240. The summed E-state index contributed by atoms with van der Waals surface area (Å²) in [6, 6.07) is 14.1. The Morgan fingerprint density at radius 1 is 1.03 bits per heavy atom. The van der Waals surface area contributed by atoms with Gasteiger partial charge < -0.3 is 9.47 Å². The number of hydrogen-bond donors (Lipinski definition) is 0. The van der Waals surface area contributed by atoms with Gasteiger partial charge in [-0.2, -0.15) is 0 Å². The lowest BCUT2D eigenvalue weighted by Gasteiger charge is -2.25. The van der Waals surface area contributed by atoms with Crippen molar-refractivity contribution in [3.05, 3.63) is 69.7 Å². The van der Waals surface area contributed by atoms with Crippen molar-refractivity contribution in [2.24, 2.45) is 0 Å². The van der Waals surface area contributed by atoms with E-state index < -0.39 is 11.6 Å². The van der Waals surface area contributed by atoms with Gasteiger partial charge in [-0.1, -0.05) is 51.5 Å². The highest BCUT2D eigenvalue weighted by Gasteiger charge is 2.32. The molecule has 38 heavy (non-hydrogen) atoms. The molecule has 0 spiro atoms. The van der Waals surface area contributed by atoms with Crippen LogP contribution in [0.2, 0.25) is 0 Å². The Morgan fingerprint density at radius 3 is 2.34 bits per heavy atom. The van der Waals surface area contributed by atoms with Crippen molar-refractivity contribution in [3.63, 3.8) is 0 Å². The molecule has 3 rings (SSSR count). The normalized spacial score (nSPS) is 11.6. The van der Waals surface area contributed by atoms with Gasteiger partial charge in [0.05, 0.1) is 12.3 Å². The summed E-state index contributed by atoms with van der Waals surface area (Å²) in [7, 11) is 0. The van der Waals surface area contributed by atoms with Crippen LogP contribution in [-0.2, 0) is 22.4 Å². The second kappa shape index (κ2) is 13.2. The van der Waals surface area contributed by atoms with Crippen LogP contribution in [0.5, 0.6) is 5.75 Å². The summed E-state index contributed by atoms with van der Waals surface area (Å²) in [4.78, 5) is 31.4. The minimum absolute atomic E-state index is 0.0780. The van der Waals surface area contributed by atoms with Crippen molar-refractivity contribution < 1.29 is 19.1 Å². The number of esters is 1. The van der Waals surface area contributed by atoms with Crippen LogP contribution in [0.25, 0.3) is 10.6 Å². The van der Waals surface area contributed by atoms with Crippen molar-refractivity contribution in [1.29, 1.82) is 0 Å². The van der Waals surface area contributed by atoms with Crippen molar-refractivity contribution in [2.75, 3.05) is 6.61 Å². The van der Waals surface area contributed by atoms with Gasteiger partial charge in [0.2, 0.25) is 0 Å². The van der Waals surface area contributed by atoms with Crippen molar-refractivity contribution in [2.45, 2.75) is 92.1 Å². The smallest absolute Gasteiger partial charge is 0.349 e. The van der Waals surface area contributed by atoms with Gasteiger partial charge in [-0.3, -0.25) is 4.79 Å². The third-order valence-electron chi connectivity index (χ3n) is 6.50. The molecular weight excluding hydrogens is 494 g/mol. The van der Waals surface area contributed by atoms with Crippen molar-refractivity contribution in [3.8, 4) is 16.3 Å². The van der Waals surface area contributed by atoms with Crippen molar-refractivity contribution in [1.82, 2.24) is 4.98 Å². The molecule has 0 fully saturated rings. The van der Waals surface area contributed by atoms with E-state index in [2.05, 4.69) is 45.0 Å². The molecule has 6 heteroatoms. The molecule has 0 amide bonds. The monoisotopic (exact) mass is 535 g/mol. The quantitative estimate of drug-likeness (QED) is 0.163. The number of aromatic nitrogens is 1. The highest BCUT2D eigenvalue weighted by molar-refractivity contribution is 7.15. The first-order chi connectivity index (χ1) is 18.1. The highest BCUT2D eigenvalue weighted by atomic mass is 32.1. The van der Waals surface area contributed by atoms with Crippen LogP contribution in [0.15, 0.2) is 42.5 Å². The lowest BCUT2D eigenvalue weighted by Crippen LogP contribution is -2.39. The molecule has 0 aliphatic carbocycles. The molecular formula is C32H41NO4S. The number of carbonyl (C=O) groups excluding carboxylic acids is 2. The molecule has 0 unspecified atom stereocenters. The van der Waals surface area contributed by atoms with Crippen LogP contribution in [0.3, 0.4) is 0 Å². The molecule has 0 radical (unpaired) electrons. The average molecular weight is 536 g/mol. The second-order valence-corrected chi connectivity index (χ2v) is 11.6. The van der Waals surface area contributed by atoms with Crippen LogP contribution in [-0.4, -0.2) is 28.9 Å². The number of carbonyl (C=O) groups is 2. The Balaban J connectivity index is 1.70. The number of nitrogens with zero attached hydrogens (tertiary/aromatic N) is 1. The summed E-state index contributed by atoms with van der Waals surface area (Å²) >= 11 is 1.69. The summed E-state index contributed by atoms with van der Waals surface area (Å²) in [5, 5.41) is 1.01. The van der Waals surface area contributed by atoms with Gasteiger partial charge in [0.1, 0.15) is 10.8 Å². The molecule has 0 saturated carbocycles. The summed E-state index contributed by atoms with van der Waals surface area (Å²) in [6.45, 7) is 13.8. The van der Waals surface area contributed by atoms with Crippen LogP contribution in [0.1, 0.15) is 98.8 Å².